The fourth-order valence-electron chi connectivity index (χ4n) is 1.39. The maximum Gasteiger partial charge on any atom is 0.120 e. The van der Waals surface area contributed by atoms with E-state index in [1.807, 2.05) is 0 Å². The van der Waals surface area contributed by atoms with E-state index < -0.39 is 11.2 Å². The van der Waals surface area contributed by atoms with E-state index in [4.69, 9.17) is 0 Å². The number of aldehydes is 1. The molecule has 0 aromatic heterocycles. The zero-order chi connectivity index (χ0) is 9.95. The van der Waals surface area contributed by atoms with Crippen LogP contribution in [0.4, 0.5) is 0 Å². The lowest BCUT2D eigenvalue weighted by Gasteiger charge is -2.38. The summed E-state index contributed by atoms with van der Waals surface area (Å²) in [6.45, 7) is 1.53. The van der Waals surface area contributed by atoms with Gasteiger partial charge in [0, 0.05) is 6.42 Å². The normalized spacial score (nSPS) is 37.8. The second-order valence-electron chi connectivity index (χ2n) is 3.50. The van der Waals surface area contributed by atoms with Crippen molar-refractivity contribution >= 4 is 6.29 Å². The van der Waals surface area contributed by atoms with Gasteiger partial charge in [-0.3, -0.25) is 0 Å². The number of carbonyl (C=O) groups excluding carboxylic acids is 1. The zero-order valence-electron chi connectivity index (χ0n) is 7.60. The van der Waals surface area contributed by atoms with Gasteiger partial charge in [-0.05, 0) is 19.4 Å². The number of rotatable bonds is 3. The van der Waals surface area contributed by atoms with Crippen LogP contribution in [0.25, 0.3) is 0 Å². The van der Waals surface area contributed by atoms with E-state index in [0.29, 0.717) is 0 Å². The third-order valence-corrected chi connectivity index (χ3v) is 2.42. The molecule has 1 rings (SSSR count). The van der Waals surface area contributed by atoms with E-state index in [1.54, 1.807) is 12.2 Å². The largest absolute Gasteiger partial charge is 0.383 e. The van der Waals surface area contributed by atoms with Crippen LogP contribution in [0.1, 0.15) is 19.8 Å². The Bertz CT molecular complexity index is 253. The molecule has 0 spiro atoms. The molecule has 0 radical (unpaired) electrons. The summed E-state index contributed by atoms with van der Waals surface area (Å²) >= 11 is 0. The number of hydrogen-bond acceptors (Lipinski definition) is 3. The topological polar surface area (TPSA) is 57.5 Å². The average molecular weight is 182 g/mol. The highest BCUT2D eigenvalue weighted by molar-refractivity contribution is 5.50. The number of carbonyl (C=O) groups is 1. The van der Waals surface area contributed by atoms with E-state index in [0.717, 1.165) is 6.29 Å². The first-order valence-electron chi connectivity index (χ1n) is 4.27. The molecule has 13 heavy (non-hydrogen) atoms. The van der Waals surface area contributed by atoms with Crippen LogP contribution in [0, 0.1) is 0 Å². The minimum absolute atomic E-state index is 0.240. The summed E-state index contributed by atoms with van der Waals surface area (Å²) in [5, 5.41) is 19.8. The average Bonchev–Trinajstić information content (AvgIpc) is 2.07. The molecule has 72 valence electrons. The van der Waals surface area contributed by atoms with Crippen LogP contribution in [0.3, 0.4) is 0 Å². The van der Waals surface area contributed by atoms with Crippen LogP contribution in [0.2, 0.25) is 0 Å². The van der Waals surface area contributed by atoms with Crippen LogP contribution in [-0.4, -0.2) is 27.7 Å². The highest BCUT2D eigenvalue weighted by Gasteiger charge is 2.42. The molecule has 0 aromatic rings. The first kappa shape index (κ1) is 10.2. The van der Waals surface area contributed by atoms with Crippen molar-refractivity contribution in [2.75, 3.05) is 0 Å². The van der Waals surface area contributed by atoms with Gasteiger partial charge in [0.2, 0.25) is 0 Å². The minimum Gasteiger partial charge on any atom is -0.383 e. The van der Waals surface area contributed by atoms with Gasteiger partial charge < -0.3 is 15.0 Å². The third-order valence-electron chi connectivity index (χ3n) is 2.42. The monoisotopic (exact) mass is 182 g/mol. The first-order chi connectivity index (χ1) is 6.02. The fourth-order valence-corrected chi connectivity index (χ4v) is 1.39. The summed E-state index contributed by atoms with van der Waals surface area (Å²) in [6, 6.07) is 0. The minimum atomic E-state index is -1.32. The maximum absolute atomic E-state index is 10.2. The predicted octanol–water partition coefficient (Wildman–Crippen LogP) is 0.574. The van der Waals surface area contributed by atoms with Crippen molar-refractivity contribution in [3.8, 4) is 0 Å². The molecule has 0 bridgehead atoms. The van der Waals surface area contributed by atoms with Gasteiger partial charge in [0.05, 0.1) is 0 Å². The van der Waals surface area contributed by atoms with Gasteiger partial charge in [0.1, 0.15) is 17.5 Å². The smallest absolute Gasteiger partial charge is 0.120 e. The summed E-state index contributed by atoms with van der Waals surface area (Å²) in [6.07, 6.45) is 7.61. The molecule has 3 nitrogen and oxygen atoms in total. The number of aliphatic hydroxyl groups is 2. The molecule has 0 heterocycles. The molecule has 0 saturated heterocycles. The maximum atomic E-state index is 10.2. The Morgan fingerprint density at radius 3 is 2.46 bits per heavy atom. The Balaban J connectivity index is 2.81. The summed E-state index contributed by atoms with van der Waals surface area (Å²) in [4.78, 5) is 10.2. The molecule has 0 fully saturated rings. The predicted molar refractivity (Wildman–Crippen MR) is 49.2 cm³/mol. The van der Waals surface area contributed by atoms with Crippen molar-refractivity contribution in [2.45, 2.75) is 31.0 Å². The quantitative estimate of drug-likeness (QED) is 0.627. The van der Waals surface area contributed by atoms with Crippen molar-refractivity contribution in [2.24, 2.45) is 0 Å². The van der Waals surface area contributed by atoms with Crippen LogP contribution >= 0.6 is 0 Å². The highest BCUT2D eigenvalue weighted by atomic mass is 16.4. The van der Waals surface area contributed by atoms with E-state index >= 15 is 0 Å². The molecule has 0 amide bonds. The molecule has 0 saturated carbocycles. The van der Waals surface area contributed by atoms with Gasteiger partial charge >= 0.3 is 0 Å². The second kappa shape index (κ2) is 3.44. The first-order valence-corrected chi connectivity index (χ1v) is 4.27. The molecule has 2 atom stereocenters. The number of allylic oxidation sites excluding steroid dienone is 2. The molecule has 2 unspecified atom stereocenters. The lowest BCUT2D eigenvalue weighted by atomic mass is 9.78. The Morgan fingerprint density at radius 2 is 1.92 bits per heavy atom. The number of hydrogen-bond donors (Lipinski definition) is 2. The molecule has 0 aliphatic heterocycles. The fraction of sp³-hybridized carbons (Fsp3) is 0.500. The van der Waals surface area contributed by atoms with Gasteiger partial charge in [0.15, 0.2) is 0 Å². The zero-order valence-corrected chi connectivity index (χ0v) is 7.60. The van der Waals surface area contributed by atoms with Gasteiger partial charge in [-0.1, -0.05) is 18.2 Å². The van der Waals surface area contributed by atoms with Gasteiger partial charge in [-0.15, -0.1) is 0 Å². The van der Waals surface area contributed by atoms with Crippen molar-refractivity contribution in [1.82, 2.24) is 0 Å². The van der Waals surface area contributed by atoms with Gasteiger partial charge in [-0.2, -0.15) is 0 Å². The van der Waals surface area contributed by atoms with Crippen molar-refractivity contribution in [3.05, 3.63) is 24.3 Å². The molecule has 0 aromatic carbocycles. The molecule has 2 N–H and O–H groups in total. The van der Waals surface area contributed by atoms with Crippen molar-refractivity contribution < 1.29 is 15.0 Å². The van der Waals surface area contributed by atoms with Crippen LogP contribution in [0.15, 0.2) is 24.3 Å². The van der Waals surface area contributed by atoms with Crippen LogP contribution in [0.5, 0.6) is 0 Å². The van der Waals surface area contributed by atoms with Crippen LogP contribution < -0.4 is 0 Å². The second-order valence-corrected chi connectivity index (χ2v) is 3.50. The van der Waals surface area contributed by atoms with Crippen molar-refractivity contribution in [1.29, 1.82) is 0 Å². The summed E-state index contributed by atoms with van der Waals surface area (Å²) in [5.41, 5.74) is -2.60. The third kappa shape index (κ3) is 1.87. The summed E-state index contributed by atoms with van der Waals surface area (Å²) in [5.74, 6) is 0. The van der Waals surface area contributed by atoms with Crippen molar-refractivity contribution in [3.63, 3.8) is 0 Å². The molecule has 3 heteroatoms. The van der Waals surface area contributed by atoms with Gasteiger partial charge in [-0.25, -0.2) is 0 Å². The SMILES string of the molecule is CC1(O)C=CC=CC1(O)CCC=O. The molecular formula is C10H14O3. The lowest BCUT2D eigenvalue weighted by molar-refractivity contribution is -0.112. The standard InChI is InChI=1S/C10H14O3/c1-9(12)5-2-3-6-10(9,13)7-4-8-11/h2-3,5-6,8,12-13H,4,7H2,1H3. The summed E-state index contributed by atoms with van der Waals surface area (Å²) < 4.78 is 0. The van der Waals surface area contributed by atoms with E-state index in [1.165, 1.54) is 19.1 Å². The Labute approximate surface area is 77.4 Å². The Hall–Kier alpha value is -0.930. The summed E-state index contributed by atoms with van der Waals surface area (Å²) in [7, 11) is 0. The van der Waals surface area contributed by atoms with E-state index in [2.05, 4.69) is 0 Å². The Kier molecular flexibility index (Phi) is 2.68. The van der Waals surface area contributed by atoms with E-state index in [-0.39, 0.29) is 12.8 Å². The van der Waals surface area contributed by atoms with E-state index in [9.17, 15) is 15.0 Å². The Morgan fingerprint density at radius 1 is 1.31 bits per heavy atom. The van der Waals surface area contributed by atoms with Gasteiger partial charge in [0.25, 0.3) is 0 Å². The molecule has 1 aliphatic carbocycles. The molecular weight excluding hydrogens is 168 g/mol. The molecule has 1 aliphatic rings. The lowest BCUT2D eigenvalue weighted by Crippen LogP contribution is -2.50. The highest BCUT2D eigenvalue weighted by Crippen LogP contribution is 2.32. The van der Waals surface area contributed by atoms with Crippen LogP contribution in [-0.2, 0) is 4.79 Å².